The Balaban J connectivity index is 1.65. The lowest BCUT2D eigenvalue weighted by Crippen LogP contribution is -2.53. The average molecular weight is 512 g/mol. The predicted molar refractivity (Wildman–Crippen MR) is 129 cm³/mol. The summed E-state index contributed by atoms with van der Waals surface area (Å²) in [5.41, 5.74) is -2.51. The summed E-state index contributed by atoms with van der Waals surface area (Å²) in [6.07, 6.45) is -3.92. The van der Waals surface area contributed by atoms with Crippen molar-refractivity contribution >= 4 is 17.3 Å². The summed E-state index contributed by atoms with van der Waals surface area (Å²) in [7, 11) is 1.68. The molecule has 5 rings (SSSR count). The zero-order valence-electron chi connectivity index (χ0n) is 20.6. The van der Waals surface area contributed by atoms with Crippen LogP contribution in [0.2, 0.25) is 0 Å². The molecule has 3 aliphatic rings. The van der Waals surface area contributed by atoms with Crippen molar-refractivity contribution in [1.82, 2.24) is 5.32 Å². The topological polar surface area (TPSA) is 163 Å². The van der Waals surface area contributed by atoms with Gasteiger partial charge in [0.2, 0.25) is 0 Å². The molecule has 37 heavy (non-hydrogen) atoms. The number of phenolic OH excluding ortho intramolecular Hbond substituents is 2. The molecule has 6 atom stereocenters. The molecular weight excluding hydrogens is 482 g/mol. The number of aliphatic hydroxyl groups is 2. The predicted octanol–water partition coefficient (Wildman–Crippen LogP) is 1.28. The van der Waals surface area contributed by atoms with Crippen molar-refractivity contribution in [1.29, 1.82) is 0 Å². The maximum absolute atomic E-state index is 13.4. The minimum Gasteiger partial charge on any atom is -0.507 e. The third-order valence-corrected chi connectivity index (χ3v) is 7.82. The second-order valence-corrected chi connectivity index (χ2v) is 10.0. The fraction of sp³-hybridized carbons (Fsp3) is 0.444. The molecule has 10 heteroatoms. The zero-order valence-corrected chi connectivity index (χ0v) is 20.6. The molecule has 1 heterocycles. The van der Waals surface area contributed by atoms with Gasteiger partial charge in [-0.3, -0.25) is 14.4 Å². The third kappa shape index (κ3) is 3.87. The first-order chi connectivity index (χ1) is 17.5. The van der Waals surface area contributed by atoms with Crippen LogP contribution in [0.1, 0.15) is 75.8 Å². The first kappa shape index (κ1) is 25.5. The van der Waals surface area contributed by atoms with Gasteiger partial charge in [0.1, 0.15) is 17.1 Å². The van der Waals surface area contributed by atoms with Gasteiger partial charge < -0.3 is 35.2 Å². The first-order valence-electron chi connectivity index (χ1n) is 12.2. The molecule has 2 aromatic carbocycles. The summed E-state index contributed by atoms with van der Waals surface area (Å²) in [5.74, 6) is -2.98. The van der Waals surface area contributed by atoms with Crippen LogP contribution in [-0.4, -0.2) is 75.0 Å². The number of carbonyl (C=O) groups is 3. The van der Waals surface area contributed by atoms with Crippen LogP contribution in [0.4, 0.5) is 0 Å². The van der Waals surface area contributed by atoms with Crippen LogP contribution in [0, 0.1) is 0 Å². The van der Waals surface area contributed by atoms with E-state index in [1.54, 1.807) is 26.1 Å². The number of benzene rings is 2. The highest BCUT2D eigenvalue weighted by atomic mass is 16.7. The molecule has 1 fully saturated rings. The van der Waals surface area contributed by atoms with Gasteiger partial charge in [-0.1, -0.05) is 24.3 Å². The average Bonchev–Trinajstić information content (AvgIpc) is 2.86. The number of hydrogen-bond donors (Lipinski definition) is 5. The molecule has 0 bridgehead atoms. The Labute approximate surface area is 212 Å². The Kier molecular flexibility index (Phi) is 6.20. The molecule has 196 valence electrons. The number of ether oxygens (including phenoxy) is 2. The van der Waals surface area contributed by atoms with E-state index in [9.17, 15) is 34.8 Å². The van der Waals surface area contributed by atoms with E-state index >= 15 is 0 Å². The zero-order chi connectivity index (χ0) is 26.8. The van der Waals surface area contributed by atoms with Crippen molar-refractivity contribution < 1.29 is 44.3 Å². The van der Waals surface area contributed by atoms with Gasteiger partial charge in [-0.05, 0) is 20.9 Å². The monoisotopic (exact) mass is 511 g/mol. The SMILES string of the molecule is CN[C@H]1C[C@H](O[C@H]2C[C@](O)(C(C)=O)Cc3c(O)c4c(c(O)c32)C(=O)c2ccccc2C4=O)O[C@@H](C)[C@H]1O. The molecular formula is C27H29NO9. The standard InChI is InChI=1S/C27H29NO9/c1-11-22(30)16(28-3)8-18(36-11)37-17-10-27(35,12(2)29)9-15-19(17)26(34)21-20(25(15)33)23(31)13-6-4-5-7-14(13)24(21)32/h4-7,11,16-18,22,28,30,33-35H,8-10H2,1-3H3/t11-,16-,17-,18-,22+,27-/m0/s1. The van der Waals surface area contributed by atoms with E-state index in [1.807, 2.05) is 0 Å². The Bertz CT molecular complexity index is 1320. The summed E-state index contributed by atoms with van der Waals surface area (Å²) in [4.78, 5) is 39.2. The molecule has 10 nitrogen and oxygen atoms in total. The van der Waals surface area contributed by atoms with E-state index in [-0.39, 0.29) is 58.7 Å². The number of fused-ring (bicyclic) bond motifs is 3. The molecule has 5 N–H and O–H groups in total. The van der Waals surface area contributed by atoms with Crippen LogP contribution in [0.25, 0.3) is 0 Å². The number of aromatic hydroxyl groups is 2. The van der Waals surface area contributed by atoms with Crippen molar-refractivity contribution in [3.05, 3.63) is 57.6 Å². The smallest absolute Gasteiger partial charge is 0.198 e. The molecule has 0 aromatic heterocycles. The Hall–Kier alpha value is -3.15. The Morgan fingerprint density at radius 1 is 1.11 bits per heavy atom. The fourth-order valence-electron chi connectivity index (χ4n) is 5.68. The summed E-state index contributed by atoms with van der Waals surface area (Å²) >= 11 is 0. The number of rotatable bonds is 4. The highest BCUT2D eigenvalue weighted by molar-refractivity contribution is 6.30. The second kappa shape index (κ2) is 9.00. The molecule has 2 aromatic rings. The van der Waals surface area contributed by atoms with Crippen LogP contribution < -0.4 is 5.32 Å². The number of nitrogens with one attached hydrogen (secondary N) is 1. The number of aliphatic hydroxyl groups excluding tert-OH is 1. The molecule has 0 unspecified atom stereocenters. The number of hydrogen-bond acceptors (Lipinski definition) is 10. The summed E-state index contributed by atoms with van der Waals surface area (Å²) in [6, 6.07) is 5.74. The highest BCUT2D eigenvalue weighted by Crippen LogP contribution is 2.52. The van der Waals surface area contributed by atoms with Crippen LogP contribution >= 0.6 is 0 Å². The lowest BCUT2D eigenvalue weighted by Gasteiger charge is -2.42. The molecule has 0 saturated carbocycles. The van der Waals surface area contributed by atoms with Gasteiger partial charge in [0.25, 0.3) is 0 Å². The molecule has 2 aliphatic carbocycles. The molecule has 0 amide bonds. The maximum Gasteiger partial charge on any atom is 0.198 e. The fourth-order valence-corrected chi connectivity index (χ4v) is 5.68. The van der Waals surface area contributed by atoms with E-state index < -0.39 is 59.1 Å². The van der Waals surface area contributed by atoms with Crippen molar-refractivity contribution in [2.75, 3.05) is 7.05 Å². The van der Waals surface area contributed by atoms with Crippen LogP contribution in [0.15, 0.2) is 24.3 Å². The number of phenols is 2. The van der Waals surface area contributed by atoms with Gasteiger partial charge in [-0.25, -0.2) is 0 Å². The molecule has 1 aliphatic heterocycles. The lowest BCUT2D eigenvalue weighted by atomic mass is 9.72. The highest BCUT2D eigenvalue weighted by Gasteiger charge is 2.49. The van der Waals surface area contributed by atoms with Gasteiger partial charge >= 0.3 is 0 Å². The Morgan fingerprint density at radius 3 is 2.27 bits per heavy atom. The van der Waals surface area contributed by atoms with E-state index in [4.69, 9.17) is 9.47 Å². The number of likely N-dealkylation sites (N-methyl/N-ethyl adjacent to an activating group) is 1. The molecule has 0 radical (unpaired) electrons. The molecule has 1 saturated heterocycles. The number of ketones is 3. The van der Waals surface area contributed by atoms with Crippen LogP contribution in [0.3, 0.4) is 0 Å². The normalized spacial score (nSPS) is 30.9. The van der Waals surface area contributed by atoms with Crippen molar-refractivity contribution in [2.24, 2.45) is 0 Å². The van der Waals surface area contributed by atoms with Crippen LogP contribution in [0.5, 0.6) is 11.5 Å². The van der Waals surface area contributed by atoms with E-state index in [2.05, 4.69) is 5.32 Å². The van der Waals surface area contributed by atoms with E-state index in [0.717, 1.165) is 0 Å². The summed E-state index contributed by atoms with van der Waals surface area (Å²) in [6.45, 7) is 2.88. The second-order valence-electron chi connectivity index (χ2n) is 10.0. The Morgan fingerprint density at radius 2 is 1.70 bits per heavy atom. The molecule has 0 spiro atoms. The van der Waals surface area contributed by atoms with Gasteiger partial charge in [-0.2, -0.15) is 0 Å². The summed E-state index contributed by atoms with van der Waals surface area (Å²) in [5, 5.41) is 47.2. The van der Waals surface area contributed by atoms with Crippen LogP contribution in [-0.2, 0) is 20.7 Å². The van der Waals surface area contributed by atoms with Gasteiger partial charge in [0, 0.05) is 47.6 Å². The minimum absolute atomic E-state index is 0.0195. The van der Waals surface area contributed by atoms with Gasteiger partial charge in [0.15, 0.2) is 23.6 Å². The van der Waals surface area contributed by atoms with Crippen molar-refractivity contribution in [3.8, 4) is 11.5 Å². The lowest BCUT2D eigenvalue weighted by molar-refractivity contribution is -0.249. The maximum atomic E-state index is 13.4. The first-order valence-corrected chi connectivity index (χ1v) is 12.2. The summed E-state index contributed by atoms with van der Waals surface area (Å²) < 4.78 is 12.0. The van der Waals surface area contributed by atoms with Crippen molar-refractivity contribution in [2.45, 2.75) is 69.4 Å². The van der Waals surface area contributed by atoms with Crippen molar-refractivity contribution in [3.63, 3.8) is 0 Å². The van der Waals surface area contributed by atoms with E-state index in [1.165, 1.54) is 19.1 Å². The quantitative estimate of drug-likeness (QED) is 0.323. The minimum atomic E-state index is -1.96. The number of Topliss-reactive ketones (excluding diaryl/α,β-unsaturated/α-hetero) is 1. The van der Waals surface area contributed by atoms with E-state index in [0.29, 0.717) is 0 Å². The largest absolute Gasteiger partial charge is 0.507 e. The third-order valence-electron chi connectivity index (χ3n) is 7.82. The number of carbonyl (C=O) groups excluding carboxylic acids is 3. The van der Waals surface area contributed by atoms with Gasteiger partial charge in [0.05, 0.1) is 29.4 Å². The van der Waals surface area contributed by atoms with Gasteiger partial charge in [-0.15, -0.1) is 0 Å².